The SMILES string of the molecule is O=C(c1ccc2c(c1)CCO2)N1CC(O)C1. The standard InChI is InChI=1S/C12H13NO3/c14-10-6-13(7-10)12(15)9-1-2-11-8(5-9)3-4-16-11/h1-2,5,10,14H,3-4,6-7H2. The average Bonchev–Trinajstić information content (AvgIpc) is 2.70. The number of benzene rings is 1. The third-order valence-electron chi connectivity index (χ3n) is 3.09. The number of aliphatic hydroxyl groups is 1. The number of likely N-dealkylation sites (tertiary alicyclic amines) is 1. The first-order valence-electron chi connectivity index (χ1n) is 5.47. The molecule has 2 aliphatic heterocycles. The molecular formula is C12H13NO3. The van der Waals surface area contributed by atoms with E-state index in [-0.39, 0.29) is 12.0 Å². The number of carbonyl (C=O) groups excluding carboxylic acids is 1. The summed E-state index contributed by atoms with van der Waals surface area (Å²) in [5.74, 6) is 0.889. The molecule has 84 valence electrons. The van der Waals surface area contributed by atoms with E-state index in [1.54, 1.807) is 11.0 Å². The summed E-state index contributed by atoms with van der Waals surface area (Å²) in [5, 5.41) is 9.16. The molecule has 0 aliphatic carbocycles. The fraction of sp³-hybridized carbons (Fsp3) is 0.417. The van der Waals surface area contributed by atoms with Crippen LogP contribution in [0, 0.1) is 0 Å². The highest BCUT2D eigenvalue weighted by molar-refractivity contribution is 5.95. The number of hydrogen-bond acceptors (Lipinski definition) is 3. The Balaban J connectivity index is 1.82. The Morgan fingerprint density at radius 1 is 1.44 bits per heavy atom. The number of hydrogen-bond donors (Lipinski definition) is 1. The first-order chi connectivity index (χ1) is 7.74. The Morgan fingerprint density at radius 2 is 2.25 bits per heavy atom. The van der Waals surface area contributed by atoms with Crippen molar-refractivity contribution in [2.24, 2.45) is 0 Å². The van der Waals surface area contributed by atoms with Gasteiger partial charge in [0, 0.05) is 25.1 Å². The van der Waals surface area contributed by atoms with Gasteiger partial charge in [0.05, 0.1) is 12.7 Å². The molecule has 0 spiro atoms. The van der Waals surface area contributed by atoms with Gasteiger partial charge in [-0.15, -0.1) is 0 Å². The summed E-state index contributed by atoms with van der Waals surface area (Å²) in [6, 6.07) is 5.54. The fourth-order valence-corrected chi connectivity index (χ4v) is 2.12. The second-order valence-electron chi connectivity index (χ2n) is 4.28. The van der Waals surface area contributed by atoms with Crippen LogP contribution in [0.3, 0.4) is 0 Å². The number of ether oxygens (including phenoxy) is 1. The number of amides is 1. The largest absolute Gasteiger partial charge is 0.493 e. The van der Waals surface area contributed by atoms with Gasteiger partial charge >= 0.3 is 0 Å². The van der Waals surface area contributed by atoms with Gasteiger partial charge in [-0.05, 0) is 23.8 Å². The van der Waals surface area contributed by atoms with E-state index in [0.717, 1.165) is 17.7 Å². The monoisotopic (exact) mass is 219 g/mol. The Hall–Kier alpha value is -1.55. The van der Waals surface area contributed by atoms with Gasteiger partial charge in [-0.2, -0.15) is 0 Å². The lowest BCUT2D eigenvalue weighted by Gasteiger charge is -2.35. The van der Waals surface area contributed by atoms with E-state index in [9.17, 15) is 4.79 Å². The lowest BCUT2D eigenvalue weighted by atomic mass is 10.1. The van der Waals surface area contributed by atoms with Crippen LogP contribution in [0.2, 0.25) is 0 Å². The Morgan fingerprint density at radius 3 is 3.00 bits per heavy atom. The molecule has 1 saturated heterocycles. The van der Waals surface area contributed by atoms with Crippen LogP contribution in [-0.4, -0.2) is 41.7 Å². The van der Waals surface area contributed by atoms with Crippen LogP contribution in [0.4, 0.5) is 0 Å². The molecular weight excluding hydrogens is 206 g/mol. The zero-order valence-corrected chi connectivity index (χ0v) is 8.85. The molecule has 16 heavy (non-hydrogen) atoms. The first kappa shape index (κ1) is 9.66. The zero-order chi connectivity index (χ0) is 11.1. The maximum atomic E-state index is 11.9. The van der Waals surface area contributed by atoms with Crippen LogP contribution in [0.5, 0.6) is 5.75 Å². The van der Waals surface area contributed by atoms with Gasteiger partial charge in [0.2, 0.25) is 0 Å². The molecule has 4 heteroatoms. The molecule has 2 heterocycles. The van der Waals surface area contributed by atoms with Crippen molar-refractivity contribution in [2.45, 2.75) is 12.5 Å². The number of rotatable bonds is 1. The highest BCUT2D eigenvalue weighted by Crippen LogP contribution is 2.26. The number of carbonyl (C=O) groups is 1. The van der Waals surface area contributed by atoms with Crippen molar-refractivity contribution in [3.05, 3.63) is 29.3 Å². The van der Waals surface area contributed by atoms with Gasteiger partial charge in [-0.3, -0.25) is 4.79 Å². The highest BCUT2D eigenvalue weighted by atomic mass is 16.5. The second-order valence-corrected chi connectivity index (χ2v) is 4.28. The molecule has 1 N–H and O–H groups in total. The fourth-order valence-electron chi connectivity index (χ4n) is 2.12. The minimum atomic E-state index is -0.346. The predicted molar refractivity (Wildman–Crippen MR) is 57.6 cm³/mol. The summed E-state index contributed by atoms with van der Waals surface area (Å²) in [7, 11) is 0. The number of fused-ring (bicyclic) bond motifs is 1. The summed E-state index contributed by atoms with van der Waals surface area (Å²) < 4.78 is 5.39. The number of nitrogens with zero attached hydrogens (tertiary/aromatic N) is 1. The second kappa shape index (κ2) is 3.49. The van der Waals surface area contributed by atoms with E-state index in [0.29, 0.717) is 25.3 Å². The third kappa shape index (κ3) is 1.46. The summed E-state index contributed by atoms with van der Waals surface area (Å²) >= 11 is 0. The van der Waals surface area contributed by atoms with Crippen LogP contribution in [0.15, 0.2) is 18.2 Å². The van der Waals surface area contributed by atoms with Crippen molar-refractivity contribution in [3.8, 4) is 5.75 Å². The van der Waals surface area contributed by atoms with Crippen molar-refractivity contribution in [2.75, 3.05) is 19.7 Å². The summed E-state index contributed by atoms with van der Waals surface area (Å²) in [6.45, 7) is 1.61. The molecule has 1 aromatic rings. The molecule has 0 saturated carbocycles. The van der Waals surface area contributed by atoms with Crippen LogP contribution in [-0.2, 0) is 6.42 Å². The van der Waals surface area contributed by atoms with E-state index < -0.39 is 0 Å². The maximum absolute atomic E-state index is 11.9. The zero-order valence-electron chi connectivity index (χ0n) is 8.85. The van der Waals surface area contributed by atoms with Gasteiger partial charge in [-0.1, -0.05) is 0 Å². The van der Waals surface area contributed by atoms with Gasteiger partial charge < -0.3 is 14.7 Å². The molecule has 0 bridgehead atoms. The van der Waals surface area contributed by atoms with E-state index in [1.165, 1.54) is 0 Å². The van der Waals surface area contributed by atoms with Gasteiger partial charge in [0.25, 0.3) is 5.91 Å². The molecule has 1 amide bonds. The highest BCUT2D eigenvalue weighted by Gasteiger charge is 2.29. The molecule has 4 nitrogen and oxygen atoms in total. The Bertz CT molecular complexity index is 438. The lowest BCUT2D eigenvalue weighted by molar-refractivity contribution is 0.00589. The molecule has 2 aliphatic rings. The Labute approximate surface area is 93.4 Å². The topological polar surface area (TPSA) is 49.8 Å². The van der Waals surface area contributed by atoms with Crippen molar-refractivity contribution >= 4 is 5.91 Å². The average molecular weight is 219 g/mol. The molecule has 3 rings (SSSR count). The molecule has 1 aromatic carbocycles. The number of aliphatic hydroxyl groups excluding tert-OH is 1. The first-order valence-corrected chi connectivity index (χ1v) is 5.47. The van der Waals surface area contributed by atoms with Crippen molar-refractivity contribution < 1.29 is 14.6 Å². The summed E-state index contributed by atoms with van der Waals surface area (Å²) in [4.78, 5) is 13.6. The normalized spacial score (nSPS) is 18.9. The van der Waals surface area contributed by atoms with Crippen LogP contribution < -0.4 is 4.74 Å². The quantitative estimate of drug-likeness (QED) is 0.745. The van der Waals surface area contributed by atoms with Crippen LogP contribution >= 0.6 is 0 Å². The van der Waals surface area contributed by atoms with Crippen LogP contribution in [0.25, 0.3) is 0 Å². The van der Waals surface area contributed by atoms with Gasteiger partial charge in [0.15, 0.2) is 0 Å². The molecule has 0 atom stereocenters. The van der Waals surface area contributed by atoms with Crippen molar-refractivity contribution in [1.82, 2.24) is 4.90 Å². The van der Waals surface area contributed by atoms with E-state index >= 15 is 0 Å². The number of β-amino-alcohol motifs (C(OH)–C–C–N with tert-alkyl or cyclic N) is 1. The van der Waals surface area contributed by atoms with Crippen LogP contribution in [0.1, 0.15) is 15.9 Å². The molecule has 0 aromatic heterocycles. The Kier molecular flexibility index (Phi) is 2.11. The molecule has 0 radical (unpaired) electrons. The van der Waals surface area contributed by atoms with Gasteiger partial charge in [0.1, 0.15) is 5.75 Å². The van der Waals surface area contributed by atoms with Crippen molar-refractivity contribution in [3.63, 3.8) is 0 Å². The van der Waals surface area contributed by atoms with E-state index in [4.69, 9.17) is 9.84 Å². The maximum Gasteiger partial charge on any atom is 0.254 e. The van der Waals surface area contributed by atoms with E-state index in [2.05, 4.69) is 0 Å². The van der Waals surface area contributed by atoms with Gasteiger partial charge in [-0.25, -0.2) is 0 Å². The summed E-state index contributed by atoms with van der Waals surface area (Å²) in [6.07, 6.45) is 0.528. The summed E-state index contributed by atoms with van der Waals surface area (Å²) in [5.41, 5.74) is 1.79. The van der Waals surface area contributed by atoms with E-state index in [1.807, 2.05) is 12.1 Å². The minimum absolute atomic E-state index is 0.000000000000000444. The molecule has 0 unspecified atom stereocenters. The predicted octanol–water partition coefficient (Wildman–Crippen LogP) is 0.438. The minimum Gasteiger partial charge on any atom is -0.493 e. The molecule has 1 fully saturated rings. The third-order valence-corrected chi connectivity index (χ3v) is 3.09. The van der Waals surface area contributed by atoms with Crippen molar-refractivity contribution in [1.29, 1.82) is 0 Å². The lowest BCUT2D eigenvalue weighted by Crippen LogP contribution is -2.53. The smallest absolute Gasteiger partial charge is 0.254 e.